The highest BCUT2D eigenvalue weighted by molar-refractivity contribution is 5.85. The van der Waals surface area contributed by atoms with Crippen molar-refractivity contribution < 1.29 is 4.79 Å². The van der Waals surface area contributed by atoms with Crippen molar-refractivity contribution in [3.05, 3.63) is 12.2 Å². The fraction of sp³-hybridized carbons (Fsp3) is 0.727. The van der Waals surface area contributed by atoms with Crippen molar-refractivity contribution in [2.45, 2.75) is 39.8 Å². The van der Waals surface area contributed by atoms with E-state index in [1.165, 1.54) is 6.33 Å². The Morgan fingerprint density at radius 1 is 1.50 bits per heavy atom. The number of nitrogens with zero attached hydrogens (tertiary/aromatic N) is 3. The van der Waals surface area contributed by atoms with Gasteiger partial charge in [-0.05, 0) is 19.9 Å². The van der Waals surface area contributed by atoms with Gasteiger partial charge >= 0.3 is 0 Å². The van der Waals surface area contributed by atoms with E-state index in [9.17, 15) is 4.79 Å². The molecule has 1 unspecified atom stereocenters. The second-order valence-corrected chi connectivity index (χ2v) is 4.41. The molecule has 1 aromatic heterocycles. The summed E-state index contributed by atoms with van der Waals surface area (Å²) in [7, 11) is 1.78. The van der Waals surface area contributed by atoms with Gasteiger partial charge in [0.2, 0.25) is 0 Å². The molecule has 0 saturated heterocycles. The number of ketones is 1. The minimum absolute atomic E-state index is 0.135. The molecule has 1 N–H and O–H groups in total. The third kappa shape index (κ3) is 3.41. The predicted octanol–water partition coefficient (Wildman–Crippen LogP) is 0.654. The van der Waals surface area contributed by atoms with Gasteiger partial charge in [-0.2, -0.15) is 5.10 Å². The zero-order valence-electron chi connectivity index (χ0n) is 10.4. The molecule has 0 bridgehead atoms. The first-order valence-corrected chi connectivity index (χ1v) is 5.61. The maximum absolute atomic E-state index is 11.7. The van der Waals surface area contributed by atoms with Crippen molar-refractivity contribution in [3.8, 4) is 0 Å². The van der Waals surface area contributed by atoms with Crippen LogP contribution in [0.25, 0.3) is 0 Å². The summed E-state index contributed by atoms with van der Waals surface area (Å²) in [5.74, 6) is 1.39. The molecular weight excluding hydrogens is 204 g/mol. The molecule has 1 heterocycles. The summed E-state index contributed by atoms with van der Waals surface area (Å²) in [4.78, 5) is 15.9. The number of aromatic nitrogens is 3. The van der Waals surface area contributed by atoms with Crippen LogP contribution in [-0.4, -0.2) is 33.6 Å². The maximum Gasteiger partial charge on any atom is 0.156 e. The predicted molar refractivity (Wildman–Crippen MR) is 62.1 cm³/mol. The fourth-order valence-corrected chi connectivity index (χ4v) is 1.39. The van der Waals surface area contributed by atoms with E-state index in [1.807, 2.05) is 11.6 Å². The topological polar surface area (TPSA) is 59.8 Å². The summed E-state index contributed by atoms with van der Waals surface area (Å²) >= 11 is 0. The molecule has 0 fully saturated rings. The monoisotopic (exact) mass is 224 g/mol. The lowest BCUT2D eigenvalue weighted by molar-refractivity contribution is -0.120. The quantitative estimate of drug-likeness (QED) is 0.771. The number of hydrogen-bond acceptors (Lipinski definition) is 4. The molecule has 0 aliphatic rings. The number of rotatable bonds is 6. The van der Waals surface area contributed by atoms with Crippen molar-refractivity contribution in [2.24, 2.45) is 5.92 Å². The van der Waals surface area contributed by atoms with Gasteiger partial charge in [-0.15, -0.1) is 0 Å². The molecule has 5 heteroatoms. The second-order valence-electron chi connectivity index (χ2n) is 4.41. The molecular formula is C11H20N4O. The first-order chi connectivity index (χ1) is 7.54. The third-order valence-corrected chi connectivity index (χ3v) is 2.48. The van der Waals surface area contributed by atoms with Gasteiger partial charge in [0.25, 0.3) is 0 Å². The van der Waals surface area contributed by atoms with E-state index in [2.05, 4.69) is 29.2 Å². The summed E-state index contributed by atoms with van der Waals surface area (Å²) in [5, 5.41) is 7.06. The standard InChI is InChI=1S/C11H20N4O/c1-8(2)6-15-11(13-7-14-15)5-10(16)9(3)12-4/h7-9,12H,5-6H2,1-4H3. The van der Waals surface area contributed by atoms with Gasteiger partial charge < -0.3 is 5.32 Å². The van der Waals surface area contributed by atoms with Crippen LogP contribution in [0.1, 0.15) is 26.6 Å². The van der Waals surface area contributed by atoms with Crippen LogP contribution < -0.4 is 5.32 Å². The van der Waals surface area contributed by atoms with Crippen LogP contribution in [-0.2, 0) is 17.8 Å². The Morgan fingerprint density at radius 3 is 2.75 bits per heavy atom. The molecule has 0 aliphatic heterocycles. The Morgan fingerprint density at radius 2 is 2.19 bits per heavy atom. The average Bonchev–Trinajstić information content (AvgIpc) is 2.63. The van der Waals surface area contributed by atoms with Crippen LogP contribution in [0.5, 0.6) is 0 Å². The first kappa shape index (κ1) is 12.8. The van der Waals surface area contributed by atoms with Gasteiger partial charge in [0, 0.05) is 6.54 Å². The first-order valence-electron chi connectivity index (χ1n) is 5.61. The lowest BCUT2D eigenvalue weighted by atomic mass is 10.1. The fourth-order valence-electron chi connectivity index (χ4n) is 1.39. The highest BCUT2D eigenvalue weighted by Crippen LogP contribution is 2.03. The van der Waals surface area contributed by atoms with E-state index in [0.717, 1.165) is 12.4 Å². The summed E-state index contributed by atoms with van der Waals surface area (Å²) in [6.45, 7) is 6.88. The third-order valence-electron chi connectivity index (χ3n) is 2.48. The largest absolute Gasteiger partial charge is 0.311 e. The number of hydrogen-bond donors (Lipinski definition) is 1. The number of Topliss-reactive ketones (excluding diaryl/α,β-unsaturated/α-hetero) is 1. The summed E-state index contributed by atoms with van der Waals surface area (Å²) in [6, 6.07) is -0.135. The van der Waals surface area contributed by atoms with Crippen LogP contribution in [0.15, 0.2) is 6.33 Å². The molecule has 16 heavy (non-hydrogen) atoms. The molecule has 1 rings (SSSR count). The molecule has 1 atom stereocenters. The lowest BCUT2D eigenvalue weighted by Gasteiger charge is -2.10. The molecule has 0 amide bonds. The zero-order chi connectivity index (χ0) is 12.1. The van der Waals surface area contributed by atoms with Crippen LogP contribution in [0.2, 0.25) is 0 Å². The molecule has 5 nitrogen and oxygen atoms in total. The molecule has 0 radical (unpaired) electrons. The lowest BCUT2D eigenvalue weighted by Crippen LogP contribution is -2.32. The minimum atomic E-state index is -0.135. The molecule has 0 saturated carbocycles. The normalized spacial score (nSPS) is 13.1. The van der Waals surface area contributed by atoms with Crippen LogP contribution in [0, 0.1) is 5.92 Å². The SMILES string of the molecule is CNC(C)C(=O)Cc1ncnn1CC(C)C. The zero-order valence-corrected chi connectivity index (χ0v) is 10.4. The van der Waals surface area contributed by atoms with Crippen LogP contribution >= 0.6 is 0 Å². The highest BCUT2D eigenvalue weighted by atomic mass is 16.1. The molecule has 1 aromatic rings. The van der Waals surface area contributed by atoms with Crippen molar-refractivity contribution in [1.82, 2.24) is 20.1 Å². The number of nitrogens with one attached hydrogen (secondary N) is 1. The van der Waals surface area contributed by atoms with Gasteiger partial charge in [-0.3, -0.25) is 4.79 Å². The highest BCUT2D eigenvalue weighted by Gasteiger charge is 2.15. The van der Waals surface area contributed by atoms with Gasteiger partial charge in [0.05, 0.1) is 12.5 Å². The summed E-state index contributed by atoms with van der Waals surface area (Å²) in [5.41, 5.74) is 0. The Bertz CT molecular complexity index is 346. The molecule has 90 valence electrons. The van der Waals surface area contributed by atoms with E-state index < -0.39 is 0 Å². The Kier molecular flexibility index (Phi) is 4.61. The van der Waals surface area contributed by atoms with E-state index in [-0.39, 0.29) is 11.8 Å². The van der Waals surface area contributed by atoms with Crippen molar-refractivity contribution in [2.75, 3.05) is 7.05 Å². The maximum atomic E-state index is 11.7. The number of likely N-dealkylation sites (N-methyl/N-ethyl adjacent to an activating group) is 1. The van der Waals surface area contributed by atoms with E-state index in [1.54, 1.807) is 7.05 Å². The van der Waals surface area contributed by atoms with Crippen molar-refractivity contribution in [3.63, 3.8) is 0 Å². The van der Waals surface area contributed by atoms with Gasteiger partial charge in [-0.25, -0.2) is 9.67 Å². The summed E-state index contributed by atoms with van der Waals surface area (Å²) < 4.78 is 1.81. The van der Waals surface area contributed by atoms with Gasteiger partial charge in [-0.1, -0.05) is 13.8 Å². The number of carbonyl (C=O) groups excluding carboxylic acids is 1. The van der Waals surface area contributed by atoms with Crippen LogP contribution in [0.4, 0.5) is 0 Å². The van der Waals surface area contributed by atoms with Gasteiger partial charge in [0.15, 0.2) is 5.78 Å². The minimum Gasteiger partial charge on any atom is -0.311 e. The summed E-state index contributed by atoms with van der Waals surface area (Å²) in [6.07, 6.45) is 1.85. The second kappa shape index (κ2) is 5.75. The van der Waals surface area contributed by atoms with Crippen molar-refractivity contribution >= 4 is 5.78 Å². The number of carbonyl (C=O) groups is 1. The van der Waals surface area contributed by atoms with Crippen LogP contribution in [0.3, 0.4) is 0 Å². The van der Waals surface area contributed by atoms with Crippen molar-refractivity contribution in [1.29, 1.82) is 0 Å². The Balaban J connectivity index is 2.66. The molecule has 0 aliphatic carbocycles. The molecule has 0 spiro atoms. The Hall–Kier alpha value is -1.23. The Labute approximate surface area is 96.3 Å². The molecule has 0 aromatic carbocycles. The van der Waals surface area contributed by atoms with Gasteiger partial charge in [0.1, 0.15) is 12.2 Å². The van der Waals surface area contributed by atoms with E-state index in [0.29, 0.717) is 12.3 Å². The van der Waals surface area contributed by atoms with E-state index >= 15 is 0 Å². The average molecular weight is 224 g/mol. The smallest absolute Gasteiger partial charge is 0.156 e. The van der Waals surface area contributed by atoms with E-state index in [4.69, 9.17) is 0 Å².